The summed E-state index contributed by atoms with van der Waals surface area (Å²) in [4.78, 5) is 23.9. The highest BCUT2D eigenvalue weighted by Gasteiger charge is 2.47. The number of nitrogens with zero attached hydrogens (tertiary/aromatic N) is 5. The number of anilines is 1. The van der Waals surface area contributed by atoms with Crippen LogP contribution in [0.1, 0.15) is 12.1 Å². The largest absolute Gasteiger partial charge is 0.387 e. The second-order valence-electron chi connectivity index (χ2n) is 5.18. The Morgan fingerprint density at radius 2 is 2.25 bits per heavy atom. The molecule has 0 bridgehead atoms. The molecule has 126 valence electrons. The van der Waals surface area contributed by atoms with E-state index in [-0.39, 0.29) is 18.0 Å². The lowest BCUT2D eigenvalue weighted by Crippen LogP contribution is -2.39. The van der Waals surface area contributed by atoms with Gasteiger partial charge in [0.2, 0.25) is 5.82 Å². The number of nitriles is 1. The number of fused-ring (bicyclic) bond motifs is 1. The monoisotopic (exact) mass is 333 g/mol. The van der Waals surface area contributed by atoms with Gasteiger partial charge < -0.3 is 26.0 Å². The molecule has 24 heavy (non-hydrogen) atoms. The Morgan fingerprint density at radius 1 is 1.50 bits per heavy atom. The van der Waals surface area contributed by atoms with Crippen LogP contribution in [0.2, 0.25) is 0 Å². The predicted octanol–water partition coefficient (Wildman–Crippen LogP) is -2.11. The van der Waals surface area contributed by atoms with Crippen LogP contribution < -0.4 is 11.1 Å². The fourth-order valence-electron chi connectivity index (χ4n) is 2.60. The second-order valence-corrected chi connectivity index (χ2v) is 5.18. The fourth-order valence-corrected chi connectivity index (χ4v) is 2.60. The van der Waals surface area contributed by atoms with Crippen molar-refractivity contribution < 1.29 is 19.7 Å². The van der Waals surface area contributed by atoms with Crippen molar-refractivity contribution in [2.24, 2.45) is 5.73 Å². The highest BCUT2D eigenvalue weighted by atomic mass is 16.6. The van der Waals surface area contributed by atoms with Crippen molar-refractivity contribution >= 4 is 22.8 Å². The number of aliphatic hydroxyl groups is 2. The molecule has 3 rings (SSSR count). The molecule has 11 heteroatoms. The third kappa shape index (κ3) is 2.38. The lowest BCUT2D eigenvalue weighted by atomic mass is 10.1. The molecule has 0 radical (unpaired) electrons. The maximum atomic E-state index is 11.7. The summed E-state index contributed by atoms with van der Waals surface area (Å²) < 4.78 is 6.81. The zero-order chi connectivity index (χ0) is 17.4. The minimum atomic E-state index is -1.43. The first-order valence-corrected chi connectivity index (χ1v) is 7.08. The first kappa shape index (κ1) is 16.2. The van der Waals surface area contributed by atoms with E-state index in [2.05, 4.69) is 20.3 Å². The lowest BCUT2D eigenvalue weighted by molar-refractivity contribution is -0.133. The number of ketones is 1. The van der Waals surface area contributed by atoms with Gasteiger partial charge in [-0.25, -0.2) is 4.98 Å². The minimum absolute atomic E-state index is 0.101. The van der Waals surface area contributed by atoms with Crippen molar-refractivity contribution in [2.75, 3.05) is 18.9 Å². The molecule has 0 aliphatic carbocycles. The molecule has 1 saturated heterocycles. The van der Waals surface area contributed by atoms with Gasteiger partial charge in [-0.15, -0.1) is 0 Å². The van der Waals surface area contributed by atoms with Gasteiger partial charge in [-0.1, -0.05) is 0 Å². The minimum Gasteiger partial charge on any atom is -0.387 e. The molecule has 0 aromatic carbocycles. The molecule has 2 aromatic rings. The maximum absolute atomic E-state index is 11.7. The summed E-state index contributed by atoms with van der Waals surface area (Å²) in [5, 5.41) is 32.1. The molecular formula is C13H15N7O4. The van der Waals surface area contributed by atoms with Crippen LogP contribution in [0.5, 0.6) is 0 Å². The van der Waals surface area contributed by atoms with E-state index in [0.29, 0.717) is 11.3 Å². The number of hydrogen-bond acceptors (Lipinski definition) is 10. The molecule has 0 spiro atoms. The lowest BCUT2D eigenvalue weighted by Gasteiger charge is -2.16. The summed E-state index contributed by atoms with van der Waals surface area (Å²) >= 11 is 0. The number of aromatic nitrogens is 4. The van der Waals surface area contributed by atoms with E-state index in [9.17, 15) is 15.0 Å². The highest BCUT2D eigenvalue weighted by Crippen LogP contribution is 2.32. The smallest absolute Gasteiger partial charge is 0.236 e. The van der Waals surface area contributed by atoms with Gasteiger partial charge in [0.25, 0.3) is 0 Å². The number of nitrogens with one attached hydrogen (secondary N) is 1. The molecule has 1 fully saturated rings. The van der Waals surface area contributed by atoms with Crippen molar-refractivity contribution in [1.29, 1.82) is 5.26 Å². The maximum Gasteiger partial charge on any atom is 0.236 e. The number of Topliss-reactive ketones (excluding diaryl/α,β-unsaturated/α-hetero) is 1. The van der Waals surface area contributed by atoms with Crippen LogP contribution in [-0.4, -0.2) is 67.4 Å². The molecule has 3 heterocycles. The van der Waals surface area contributed by atoms with Gasteiger partial charge in [0.1, 0.15) is 24.4 Å². The van der Waals surface area contributed by atoms with Gasteiger partial charge in [0.15, 0.2) is 29.0 Å². The summed E-state index contributed by atoms with van der Waals surface area (Å²) in [6.07, 6.45) is -3.83. The van der Waals surface area contributed by atoms with Crippen LogP contribution >= 0.6 is 0 Å². The number of hydrogen-bond donors (Lipinski definition) is 4. The van der Waals surface area contributed by atoms with Crippen LogP contribution in [0.25, 0.3) is 11.2 Å². The number of carbonyl (C=O) groups excluding carboxylic acids is 1. The molecule has 4 atom stereocenters. The Kier molecular flexibility index (Phi) is 4.12. The van der Waals surface area contributed by atoms with Gasteiger partial charge >= 0.3 is 0 Å². The third-order valence-electron chi connectivity index (χ3n) is 3.79. The van der Waals surface area contributed by atoms with Crippen molar-refractivity contribution in [2.45, 2.75) is 24.5 Å². The normalized spacial score (nSPS) is 26.5. The van der Waals surface area contributed by atoms with Gasteiger partial charge in [0.05, 0.1) is 12.9 Å². The average Bonchev–Trinajstić information content (AvgIpc) is 3.15. The van der Waals surface area contributed by atoms with E-state index in [1.165, 1.54) is 10.9 Å². The summed E-state index contributed by atoms with van der Waals surface area (Å²) in [5.74, 6) is -0.300. The highest BCUT2D eigenvalue weighted by molar-refractivity contribution is 5.86. The van der Waals surface area contributed by atoms with Gasteiger partial charge in [-0.3, -0.25) is 9.36 Å². The fraction of sp³-hybridized carbons (Fsp3) is 0.462. The Morgan fingerprint density at radius 3 is 2.88 bits per heavy atom. The van der Waals surface area contributed by atoms with Crippen LogP contribution in [0.4, 0.5) is 5.82 Å². The summed E-state index contributed by atoms with van der Waals surface area (Å²) in [6.45, 7) is -0.323. The molecule has 0 amide bonds. The standard InChI is InChI=1S/C13H15N7O4/c1-16-11-7-12(19-6(3-15)18-11)20(4-17-7)13-9(23)8(22)10(24-13)5(21)2-14/h4,8-10,13,22-23H,2,14H2,1H3,(H,16,18,19)/t8-,9+,10+,13+/m0/s1. The topological polar surface area (TPSA) is 172 Å². The first-order valence-electron chi connectivity index (χ1n) is 7.08. The number of nitrogens with two attached hydrogens (primary N) is 1. The Hall–Kier alpha value is -2.65. The zero-order valence-corrected chi connectivity index (χ0v) is 12.6. The molecule has 1 aliphatic heterocycles. The van der Waals surface area contributed by atoms with E-state index in [4.69, 9.17) is 15.7 Å². The van der Waals surface area contributed by atoms with Gasteiger partial charge in [0, 0.05) is 7.05 Å². The van der Waals surface area contributed by atoms with Crippen molar-refractivity contribution in [3.63, 3.8) is 0 Å². The van der Waals surface area contributed by atoms with Gasteiger partial charge in [-0.05, 0) is 0 Å². The SMILES string of the molecule is CNc1nc(C#N)nc2c1ncn2[C@@H]1O[C@H](C(=O)CN)[C@@H](O)[C@H]1O. The molecule has 0 saturated carbocycles. The Balaban J connectivity index is 2.07. The molecule has 11 nitrogen and oxygen atoms in total. The van der Waals surface area contributed by atoms with Gasteiger partial charge in [-0.2, -0.15) is 15.2 Å². The number of rotatable bonds is 4. The average molecular weight is 333 g/mol. The number of ether oxygens (including phenoxy) is 1. The molecule has 5 N–H and O–H groups in total. The first-order chi connectivity index (χ1) is 11.5. The van der Waals surface area contributed by atoms with Crippen LogP contribution in [-0.2, 0) is 9.53 Å². The quantitative estimate of drug-likeness (QED) is 0.485. The van der Waals surface area contributed by atoms with E-state index < -0.39 is 30.3 Å². The van der Waals surface area contributed by atoms with Crippen molar-refractivity contribution in [3.8, 4) is 6.07 Å². The predicted molar refractivity (Wildman–Crippen MR) is 79.6 cm³/mol. The number of imidazole rings is 1. The zero-order valence-electron chi connectivity index (χ0n) is 12.6. The Labute approximate surface area is 135 Å². The molecule has 0 unspecified atom stereocenters. The molecule has 1 aliphatic rings. The third-order valence-corrected chi connectivity index (χ3v) is 3.79. The second kappa shape index (κ2) is 6.10. The van der Waals surface area contributed by atoms with E-state index in [1.54, 1.807) is 7.05 Å². The summed E-state index contributed by atoms with van der Waals surface area (Å²) in [5.41, 5.74) is 5.87. The van der Waals surface area contributed by atoms with Crippen molar-refractivity contribution in [3.05, 3.63) is 12.2 Å². The molecule has 2 aromatic heterocycles. The Bertz CT molecular complexity index is 830. The van der Waals surface area contributed by atoms with E-state index >= 15 is 0 Å². The number of aliphatic hydroxyl groups excluding tert-OH is 2. The van der Waals surface area contributed by atoms with E-state index in [0.717, 1.165) is 0 Å². The summed E-state index contributed by atoms with van der Waals surface area (Å²) in [6, 6.07) is 1.83. The van der Waals surface area contributed by atoms with Crippen molar-refractivity contribution in [1.82, 2.24) is 19.5 Å². The van der Waals surface area contributed by atoms with E-state index in [1.807, 2.05) is 6.07 Å². The summed E-state index contributed by atoms with van der Waals surface area (Å²) in [7, 11) is 1.61. The van der Waals surface area contributed by atoms with Crippen LogP contribution in [0, 0.1) is 11.3 Å². The van der Waals surface area contributed by atoms with Crippen LogP contribution in [0.3, 0.4) is 0 Å². The number of carbonyl (C=O) groups is 1. The van der Waals surface area contributed by atoms with Crippen LogP contribution in [0.15, 0.2) is 6.33 Å². The molecular weight excluding hydrogens is 318 g/mol.